The highest BCUT2D eigenvalue weighted by atomic mass is 16.5. The Morgan fingerprint density at radius 2 is 1.88 bits per heavy atom. The molecule has 0 unspecified atom stereocenters. The minimum absolute atomic E-state index is 0.0784. The summed E-state index contributed by atoms with van der Waals surface area (Å²) in [5.74, 6) is 0.473. The first-order chi connectivity index (χ1) is 12.1. The maximum absolute atomic E-state index is 11.4. The molecule has 0 aliphatic heterocycles. The number of ether oxygens (including phenoxy) is 2. The molecule has 1 heterocycles. The van der Waals surface area contributed by atoms with Gasteiger partial charge in [-0.15, -0.1) is 0 Å². The third kappa shape index (κ3) is 3.60. The summed E-state index contributed by atoms with van der Waals surface area (Å²) in [6, 6.07) is 13.3. The Morgan fingerprint density at radius 3 is 2.56 bits per heavy atom. The van der Waals surface area contributed by atoms with E-state index in [4.69, 9.17) is 15.2 Å². The molecule has 7 nitrogen and oxygen atoms in total. The lowest BCUT2D eigenvalue weighted by Crippen LogP contribution is -2.12. The number of aryl methyl sites for hydroxylation is 1. The Labute approximate surface area is 144 Å². The second-order valence-electron chi connectivity index (χ2n) is 5.52. The first-order valence-electron chi connectivity index (χ1n) is 7.66. The largest absolute Gasteiger partial charge is 0.493 e. The van der Waals surface area contributed by atoms with Gasteiger partial charge in [-0.3, -0.25) is 4.79 Å². The van der Waals surface area contributed by atoms with Crippen LogP contribution in [0.2, 0.25) is 0 Å². The summed E-state index contributed by atoms with van der Waals surface area (Å²) in [7, 11) is 1.57. The summed E-state index contributed by atoms with van der Waals surface area (Å²) in [6.07, 6.45) is 0. The fourth-order valence-electron chi connectivity index (χ4n) is 2.39. The number of hydrogen-bond acceptors (Lipinski definition) is 5. The number of H-pyrrole nitrogens is 1. The van der Waals surface area contributed by atoms with Gasteiger partial charge >= 0.3 is 0 Å². The topological polar surface area (TPSA) is 103 Å². The zero-order chi connectivity index (χ0) is 17.8. The van der Waals surface area contributed by atoms with Crippen LogP contribution >= 0.6 is 0 Å². The zero-order valence-corrected chi connectivity index (χ0v) is 13.9. The average molecular weight is 338 g/mol. The molecule has 1 amide bonds. The summed E-state index contributed by atoms with van der Waals surface area (Å²) in [5.41, 5.74) is 8.65. The number of carbonyl (C=O) groups excluding carboxylic acids is 1. The number of hydrogen-bond donors (Lipinski definition) is 2. The quantitative estimate of drug-likeness (QED) is 0.718. The van der Waals surface area contributed by atoms with Gasteiger partial charge in [-0.2, -0.15) is 15.4 Å². The van der Waals surface area contributed by atoms with E-state index in [2.05, 4.69) is 15.4 Å². The number of nitrogens with one attached hydrogen (secondary N) is 1. The highest BCUT2D eigenvalue weighted by Gasteiger charge is 2.17. The molecule has 0 fully saturated rings. The van der Waals surface area contributed by atoms with Crippen molar-refractivity contribution in [1.82, 2.24) is 15.4 Å². The van der Waals surface area contributed by atoms with Crippen molar-refractivity contribution in [2.75, 3.05) is 7.11 Å². The highest BCUT2D eigenvalue weighted by molar-refractivity contribution is 5.96. The van der Waals surface area contributed by atoms with E-state index in [9.17, 15) is 4.79 Å². The van der Waals surface area contributed by atoms with Crippen molar-refractivity contribution in [3.63, 3.8) is 0 Å². The fourth-order valence-corrected chi connectivity index (χ4v) is 2.39. The van der Waals surface area contributed by atoms with Crippen LogP contribution in [-0.4, -0.2) is 28.4 Å². The molecule has 3 aromatic rings. The number of aromatic amines is 1. The number of nitrogens with zero attached hydrogens (tertiary/aromatic N) is 2. The lowest BCUT2D eigenvalue weighted by Gasteiger charge is -2.12. The van der Waals surface area contributed by atoms with Crippen molar-refractivity contribution in [2.45, 2.75) is 13.5 Å². The van der Waals surface area contributed by atoms with E-state index in [1.54, 1.807) is 25.3 Å². The number of carbonyl (C=O) groups is 1. The maximum atomic E-state index is 11.4. The molecular weight excluding hydrogens is 320 g/mol. The van der Waals surface area contributed by atoms with Crippen LogP contribution in [0.25, 0.3) is 11.3 Å². The Hall–Kier alpha value is -3.35. The third-order valence-corrected chi connectivity index (χ3v) is 3.73. The van der Waals surface area contributed by atoms with Crippen LogP contribution in [0.1, 0.15) is 21.6 Å². The van der Waals surface area contributed by atoms with Crippen LogP contribution in [0.15, 0.2) is 42.5 Å². The van der Waals surface area contributed by atoms with Gasteiger partial charge in [-0.25, -0.2) is 0 Å². The van der Waals surface area contributed by atoms with Crippen LogP contribution in [-0.2, 0) is 6.61 Å². The van der Waals surface area contributed by atoms with E-state index in [0.29, 0.717) is 29.4 Å². The molecule has 1 aromatic heterocycles. The zero-order valence-electron chi connectivity index (χ0n) is 13.9. The smallest absolute Gasteiger partial charge is 0.271 e. The second-order valence-corrected chi connectivity index (χ2v) is 5.52. The summed E-state index contributed by atoms with van der Waals surface area (Å²) in [4.78, 5) is 11.4. The van der Waals surface area contributed by atoms with Gasteiger partial charge in [0.25, 0.3) is 5.91 Å². The van der Waals surface area contributed by atoms with Gasteiger partial charge in [-0.05, 0) is 30.7 Å². The first kappa shape index (κ1) is 16.5. The Morgan fingerprint density at radius 1 is 1.12 bits per heavy atom. The number of aromatic nitrogens is 3. The number of amides is 1. The average Bonchev–Trinajstić information content (AvgIpc) is 3.11. The van der Waals surface area contributed by atoms with Crippen molar-refractivity contribution in [3.05, 3.63) is 59.3 Å². The summed E-state index contributed by atoms with van der Waals surface area (Å²) in [6.45, 7) is 2.42. The molecular formula is C18H18N4O3. The molecule has 0 bridgehead atoms. The SMILES string of the molecule is COc1ccc(-c2n[nH]nc2C(N)=O)cc1OCc1ccc(C)cc1. The molecule has 0 spiro atoms. The normalized spacial score (nSPS) is 10.5. The number of benzene rings is 2. The predicted molar refractivity (Wildman–Crippen MR) is 92.4 cm³/mol. The van der Waals surface area contributed by atoms with E-state index in [1.807, 2.05) is 31.2 Å². The van der Waals surface area contributed by atoms with Crippen molar-refractivity contribution >= 4 is 5.91 Å². The van der Waals surface area contributed by atoms with E-state index in [1.165, 1.54) is 5.56 Å². The Balaban J connectivity index is 1.88. The molecule has 2 aromatic carbocycles. The molecule has 0 atom stereocenters. The minimum atomic E-state index is -0.651. The fraction of sp³-hybridized carbons (Fsp3) is 0.167. The van der Waals surface area contributed by atoms with Crippen LogP contribution in [0.3, 0.4) is 0 Å². The minimum Gasteiger partial charge on any atom is -0.493 e. The second kappa shape index (κ2) is 7.04. The molecule has 0 saturated carbocycles. The molecule has 0 aliphatic carbocycles. The maximum Gasteiger partial charge on any atom is 0.271 e. The van der Waals surface area contributed by atoms with Crippen LogP contribution in [0, 0.1) is 6.92 Å². The summed E-state index contributed by atoms with van der Waals surface area (Å²) in [5, 5.41) is 10.2. The number of primary amides is 1. The van der Waals surface area contributed by atoms with Gasteiger partial charge in [0.1, 0.15) is 12.3 Å². The van der Waals surface area contributed by atoms with Crippen molar-refractivity contribution in [2.24, 2.45) is 5.73 Å². The molecule has 3 N–H and O–H groups in total. The molecule has 0 aliphatic rings. The van der Waals surface area contributed by atoms with Gasteiger partial charge in [0.2, 0.25) is 0 Å². The molecule has 0 saturated heterocycles. The van der Waals surface area contributed by atoms with Gasteiger partial charge in [0.15, 0.2) is 17.2 Å². The molecule has 7 heteroatoms. The van der Waals surface area contributed by atoms with Crippen molar-refractivity contribution in [3.8, 4) is 22.8 Å². The van der Waals surface area contributed by atoms with Crippen LogP contribution < -0.4 is 15.2 Å². The van der Waals surface area contributed by atoms with E-state index >= 15 is 0 Å². The van der Waals surface area contributed by atoms with Crippen molar-refractivity contribution in [1.29, 1.82) is 0 Å². The number of nitrogens with two attached hydrogens (primary N) is 1. The number of rotatable bonds is 6. The van der Waals surface area contributed by atoms with Gasteiger partial charge in [0, 0.05) is 5.56 Å². The standard InChI is InChI=1S/C18H18N4O3/c1-11-3-5-12(6-4-11)10-25-15-9-13(7-8-14(15)24-2)16-17(18(19)23)21-22-20-16/h3-9H,10H2,1-2H3,(H2,19,23)(H,20,21,22). The lowest BCUT2D eigenvalue weighted by atomic mass is 10.1. The Bertz CT molecular complexity index is 888. The highest BCUT2D eigenvalue weighted by Crippen LogP contribution is 2.33. The van der Waals surface area contributed by atoms with Gasteiger partial charge in [0.05, 0.1) is 7.11 Å². The van der Waals surface area contributed by atoms with Gasteiger partial charge < -0.3 is 15.2 Å². The third-order valence-electron chi connectivity index (χ3n) is 3.73. The van der Waals surface area contributed by atoms with Crippen molar-refractivity contribution < 1.29 is 14.3 Å². The summed E-state index contributed by atoms with van der Waals surface area (Å²) >= 11 is 0. The van der Waals surface area contributed by atoms with E-state index in [-0.39, 0.29) is 5.69 Å². The first-order valence-corrected chi connectivity index (χ1v) is 7.66. The van der Waals surface area contributed by atoms with E-state index < -0.39 is 5.91 Å². The molecule has 128 valence electrons. The Kier molecular flexibility index (Phi) is 4.65. The van der Waals surface area contributed by atoms with Gasteiger partial charge in [-0.1, -0.05) is 29.8 Å². The van der Waals surface area contributed by atoms with E-state index in [0.717, 1.165) is 5.56 Å². The molecule has 25 heavy (non-hydrogen) atoms. The monoisotopic (exact) mass is 338 g/mol. The number of methoxy groups -OCH3 is 1. The summed E-state index contributed by atoms with van der Waals surface area (Å²) < 4.78 is 11.2. The van der Waals surface area contributed by atoms with Crippen LogP contribution in [0.4, 0.5) is 0 Å². The molecule has 3 rings (SSSR count). The molecule has 0 radical (unpaired) electrons. The van der Waals surface area contributed by atoms with Crippen LogP contribution in [0.5, 0.6) is 11.5 Å². The lowest BCUT2D eigenvalue weighted by molar-refractivity contribution is 0.0996. The predicted octanol–water partition coefficient (Wildman–Crippen LogP) is 2.47.